The van der Waals surface area contributed by atoms with Crippen LogP contribution in [0, 0.1) is 5.92 Å². The van der Waals surface area contributed by atoms with Gasteiger partial charge in [-0.1, -0.05) is 56.4 Å². The SMILES string of the molecule is CCNC(=NCc1ccc(CS(C)(=O)=O)cc1)NC(C)CCC1CCCCC1.I. The van der Waals surface area contributed by atoms with Crippen LogP contribution in [0.1, 0.15) is 69.9 Å². The molecule has 0 heterocycles. The van der Waals surface area contributed by atoms with Crippen LogP contribution in [0.15, 0.2) is 29.3 Å². The summed E-state index contributed by atoms with van der Waals surface area (Å²) in [6.07, 6.45) is 10.8. The van der Waals surface area contributed by atoms with Crippen LogP contribution in [0.5, 0.6) is 0 Å². The van der Waals surface area contributed by atoms with Gasteiger partial charge in [-0.3, -0.25) is 0 Å². The van der Waals surface area contributed by atoms with Crippen LogP contribution >= 0.6 is 24.0 Å². The molecule has 1 aromatic rings. The number of rotatable bonds is 9. The largest absolute Gasteiger partial charge is 0.357 e. The Kier molecular flexibility index (Phi) is 12.2. The molecule has 1 aliphatic carbocycles. The summed E-state index contributed by atoms with van der Waals surface area (Å²) in [6, 6.07) is 8.06. The zero-order chi connectivity index (χ0) is 20.4. The van der Waals surface area contributed by atoms with Crippen LogP contribution in [0.4, 0.5) is 0 Å². The van der Waals surface area contributed by atoms with Crippen LogP contribution in [0.2, 0.25) is 0 Å². The molecule has 0 aliphatic heterocycles. The van der Waals surface area contributed by atoms with E-state index in [0.717, 1.165) is 29.5 Å². The summed E-state index contributed by atoms with van der Waals surface area (Å²) in [4.78, 5) is 4.70. The van der Waals surface area contributed by atoms with E-state index in [1.165, 1.54) is 51.2 Å². The van der Waals surface area contributed by atoms with Gasteiger partial charge in [-0.25, -0.2) is 13.4 Å². The number of halogens is 1. The number of nitrogens with one attached hydrogen (secondary N) is 2. The lowest BCUT2D eigenvalue weighted by Crippen LogP contribution is -2.42. The minimum Gasteiger partial charge on any atom is -0.357 e. The third-order valence-electron chi connectivity index (χ3n) is 5.33. The molecule has 7 heteroatoms. The quantitative estimate of drug-likeness (QED) is 0.274. The van der Waals surface area contributed by atoms with Crippen molar-refractivity contribution in [1.29, 1.82) is 0 Å². The number of benzene rings is 1. The average Bonchev–Trinajstić information content (AvgIpc) is 2.65. The van der Waals surface area contributed by atoms with Crippen LogP contribution < -0.4 is 10.6 Å². The van der Waals surface area contributed by atoms with Crippen molar-refractivity contribution >= 4 is 39.8 Å². The van der Waals surface area contributed by atoms with Crippen LogP contribution in [-0.2, 0) is 22.1 Å². The molecule has 0 aromatic heterocycles. The summed E-state index contributed by atoms with van der Waals surface area (Å²) < 4.78 is 22.8. The predicted octanol–water partition coefficient (Wildman–Crippen LogP) is 4.65. The lowest BCUT2D eigenvalue weighted by atomic mass is 9.85. The van der Waals surface area contributed by atoms with Crippen molar-refractivity contribution in [1.82, 2.24) is 10.6 Å². The lowest BCUT2D eigenvalue weighted by Gasteiger charge is -2.24. The number of nitrogens with zero attached hydrogens (tertiary/aromatic N) is 1. The van der Waals surface area contributed by atoms with Crippen LogP contribution in [0.25, 0.3) is 0 Å². The van der Waals surface area contributed by atoms with E-state index in [4.69, 9.17) is 4.99 Å². The van der Waals surface area contributed by atoms with Gasteiger partial charge in [-0.2, -0.15) is 0 Å². The predicted molar refractivity (Wildman–Crippen MR) is 134 cm³/mol. The molecule has 2 N–H and O–H groups in total. The molecule has 0 bridgehead atoms. The Bertz CT molecular complexity index is 714. The summed E-state index contributed by atoms with van der Waals surface area (Å²) in [6.45, 7) is 5.71. The van der Waals surface area contributed by atoms with Gasteiger partial charge in [0.2, 0.25) is 0 Å². The minimum absolute atomic E-state index is 0. The van der Waals surface area contributed by atoms with Crippen molar-refractivity contribution in [2.24, 2.45) is 10.9 Å². The maximum Gasteiger partial charge on any atom is 0.191 e. The van der Waals surface area contributed by atoms with E-state index in [0.29, 0.717) is 12.6 Å². The smallest absolute Gasteiger partial charge is 0.191 e. The van der Waals surface area contributed by atoms with Crippen LogP contribution in [-0.4, -0.2) is 33.2 Å². The number of hydrogen-bond acceptors (Lipinski definition) is 3. The Labute approximate surface area is 194 Å². The fourth-order valence-corrected chi connectivity index (χ4v) is 4.60. The molecule has 166 valence electrons. The highest BCUT2D eigenvalue weighted by atomic mass is 127. The summed E-state index contributed by atoms with van der Waals surface area (Å²) in [7, 11) is -3.00. The zero-order valence-electron chi connectivity index (χ0n) is 18.1. The summed E-state index contributed by atoms with van der Waals surface area (Å²) >= 11 is 0. The molecule has 2 rings (SSSR count). The molecular weight excluding hydrogens is 497 g/mol. The molecule has 1 atom stereocenters. The third-order valence-corrected chi connectivity index (χ3v) is 6.19. The van der Waals surface area contributed by atoms with Crippen LogP contribution in [0.3, 0.4) is 0 Å². The standard InChI is InChI=1S/C22H37N3O2S.HI/c1-4-23-22(25-18(2)10-11-19-8-6-5-7-9-19)24-16-20-12-14-21(15-13-20)17-28(3,26)27;/h12-15,18-19H,4-11,16-17H2,1-3H3,(H2,23,24,25);1H. The van der Waals surface area contributed by atoms with E-state index in [1.54, 1.807) is 0 Å². The van der Waals surface area contributed by atoms with Crippen molar-refractivity contribution in [3.63, 3.8) is 0 Å². The summed E-state index contributed by atoms with van der Waals surface area (Å²) in [5.41, 5.74) is 1.89. The second-order valence-corrected chi connectivity index (χ2v) is 10.3. The second-order valence-electron chi connectivity index (χ2n) is 8.21. The number of aliphatic imine (C=N–C) groups is 1. The van der Waals surface area contributed by atoms with Gasteiger partial charge in [0.25, 0.3) is 0 Å². The monoisotopic (exact) mass is 535 g/mol. The molecule has 0 radical (unpaired) electrons. The zero-order valence-corrected chi connectivity index (χ0v) is 21.3. The van der Waals surface area contributed by atoms with E-state index < -0.39 is 9.84 Å². The highest BCUT2D eigenvalue weighted by molar-refractivity contribution is 14.0. The molecule has 29 heavy (non-hydrogen) atoms. The molecular formula is C22H38IN3O2S. The molecule has 5 nitrogen and oxygen atoms in total. The normalized spacial score (nSPS) is 16.7. The molecule has 1 unspecified atom stereocenters. The van der Waals surface area contributed by atoms with Gasteiger partial charge in [0, 0.05) is 18.8 Å². The van der Waals surface area contributed by atoms with Crippen molar-refractivity contribution in [2.45, 2.75) is 77.1 Å². The van der Waals surface area contributed by atoms with Gasteiger partial charge >= 0.3 is 0 Å². The first-order valence-corrected chi connectivity index (χ1v) is 12.7. The van der Waals surface area contributed by atoms with E-state index in [2.05, 4.69) is 24.5 Å². The second kappa shape index (κ2) is 13.5. The van der Waals surface area contributed by atoms with Gasteiger partial charge in [0.05, 0.1) is 12.3 Å². The maximum atomic E-state index is 11.4. The summed E-state index contributed by atoms with van der Waals surface area (Å²) in [5, 5.41) is 6.85. The van der Waals surface area contributed by atoms with Gasteiger partial charge in [0.1, 0.15) is 0 Å². The summed E-state index contributed by atoms with van der Waals surface area (Å²) in [5.74, 6) is 1.83. The molecule has 1 saturated carbocycles. The third kappa shape index (κ3) is 11.2. The Morgan fingerprint density at radius 2 is 1.76 bits per heavy atom. The Morgan fingerprint density at radius 3 is 2.34 bits per heavy atom. The fourth-order valence-electron chi connectivity index (χ4n) is 3.80. The highest BCUT2D eigenvalue weighted by Crippen LogP contribution is 2.27. The van der Waals surface area contributed by atoms with Crippen molar-refractivity contribution in [3.05, 3.63) is 35.4 Å². The number of guanidine groups is 1. The highest BCUT2D eigenvalue weighted by Gasteiger charge is 2.15. The van der Waals surface area contributed by atoms with Gasteiger partial charge < -0.3 is 10.6 Å². The van der Waals surface area contributed by atoms with E-state index in [9.17, 15) is 8.42 Å². The molecule has 0 saturated heterocycles. The Morgan fingerprint density at radius 1 is 1.14 bits per heavy atom. The van der Waals surface area contributed by atoms with Crippen molar-refractivity contribution < 1.29 is 8.42 Å². The van der Waals surface area contributed by atoms with E-state index >= 15 is 0 Å². The first-order chi connectivity index (χ1) is 13.4. The van der Waals surface area contributed by atoms with Gasteiger partial charge in [0.15, 0.2) is 15.8 Å². The fraction of sp³-hybridized carbons (Fsp3) is 0.682. The van der Waals surface area contributed by atoms with Crippen molar-refractivity contribution in [3.8, 4) is 0 Å². The van der Waals surface area contributed by atoms with Gasteiger partial charge in [-0.15, -0.1) is 24.0 Å². The minimum atomic E-state index is -3.00. The van der Waals surface area contributed by atoms with Gasteiger partial charge in [-0.05, 0) is 43.7 Å². The number of hydrogen-bond donors (Lipinski definition) is 2. The molecule has 0 amide bonds. The Hall–Kier alpha value is -0.830. The topological polar surface area (TPSA) is 70.6 Å². The molecule has 0 spiro atoms. The maximum absolute atomic E-state index is 11.4. The van der Waals surface area contributed by atoms with Crippen molar-refractivity contribution in [2.75, 3.05) is 12.8 Å². The first-order valence-electron chi connectivity index (χ1n) is 10.7. The molecule has 1 aromatic carbocycles. The lowest BCUT2D eigenvalue weighted by molar-refractivity contribution is 0.322. The molecule has 1 fully saturated rings. The number of sulfone groups is 1. The molecule has 1 aliphatic rings. The first kappa shape index (κ1) is 26.2. The Balaban J connectivity index is 0.00000420. The average molecular weight is 536 g/mol. The van der Waals surface area contributed by atoms with E-state index in [1.807, 2.05) is 24.3 Å². The van der Waals surface area contributed by atoms with E-state index in [-0.39, 0.29) is 29.7 Å².